The molecule has 0 saturated carbocycles. The lowest BCUT2D eigenvalue weighted by molar-refractivity contribution is -0.140. The number of likely N-dealkylation sites (tertiary alicyclic amines) is 1. The SMILES string of the molecule is CNC(=O)c1cc(NCC#Cc2cc(C(=O)N[C@H]3CCN([C@@H]4CCOC[C@@H]4F)C[C@@H]3C)c3ncn(CC(F)(F)F)c3c2)c(OC)cc1F. The number of hydrogen-bond donors (Lipinski definition) is 3. The molecule has 2 saturated heterocycles. The number of hydrogen-bond acceptors (Lipinski definition) is 7. The van der Waals surface area contributed by atoms with Gasteiger partial charge >= 0.3 is 6.18 Å². The molecule has 0 aliphatic carbocycles. The summed E-state index contributed by atoms with van der Waals surface area (Å²) in [7, 11) is 2.71. The third-order valence-corrected chi connectivity index (χ3v) is 8.66. The molecule has 0 radical (unpaired) electrons. The van der Waals surface area contributed by atoms with Gasteiger partial charge < -0.3 is 30.0 Å². The number of alkyl halides is 4. The Labute approximate surface area is 274 Å². The van der Waals surface area contributed by atoms with Gasteiger partial charge in [0.05, 0.1) is 48.9 Å². The lowest BCUT2D eigenvalue weighted by Crippen LogP contribution is -2.56. The van der Waals surface area contributed by atoms with E-state index in [-0.39, 0.29) is 64.6 Å². The summed E-state index contributed by atoms with van der Waals surface area (Å²) >= 11 is 0. The predicted molar refractivity (Wildman–Crippen MR) is 168 cm³/mol. The molecule has 0 spiro atoms. The van der Waals surface area contributed by atoms with Crippen molar-refractivity contribution in [3.05, 3.63) is 53.1 Å². The zero-order valence-electron chi connectivity index (χ0n) is 26.7. The van der Waals surface area contributed by atoms with E-state index in [1.807, 2.05) is 6.92 Å². The van der Waals surface area contributed by atoms with Crippen LogP contribution in [0.1, 0.15) is 46.0 Å². The van der Waals surface area contributed by atoms with Crippen molar-refractivity contribution in [2.75, 3.05) is 52.3 Å². The zero-order chi connectivity index (χ0) is 34.6. The van der Waals surface area contributed by atoms with Gasteiger partial charge in [0, 0.05) is 50.5 Å². The number of fused-ring (bicyclic) bond motifs is 1. The van der Waals surface area contributed by atoms with Crippen LogP contribution in [0.25, 0.3) is 11.0 Å². The van der Waals surface area contributed by atoms with Gasteiger partial charge in [0.15, 0.2) is 0 Å². The van der Waals surface area contributed by atoms with Gasteiger partial charge in [-0.2, -0.15) is 13.2 Å². The highest BCUT2D eigenvalue weighted by Gasteiger charge is 2.36. The molecule has 10 nitrogen and oxygen atoms in total. The molecule has 3 aromatic rings. The third kappa shape index (κ3) is 7.99. The average Bonchev–Trinajstić information content (AvgIpc) is 3.44. The lowest BCUT2D eigenvalue weighted by atomic mass is 9.90. The fourth-order valence-corrected chi connectivity index (χ4v) is 6.23. The number of amides is 2. The minimum atomic E-state index is -4.53. The van der Waals surface area contributed by atoms with Crippen LogP contribution in [0.5, 0.6) is 5.75 Å². The van der Waals surface area contributed by atoms with Gasteiger partial charge in [0.2, 0.25) is 0 Å². The van der Waals surface area contributed by atoms with Crippen molar-refractivity contribution in [3.63, 3.8) is 0 Å². The van der Waals surface area contributed by atoms with E-state index in [0.717, 1.165) is 17.0 Å². The number of carbonyl (C=O) groups excluding carboxylic acids is 2. The Morgan fingerprint density at radius 2 is 1.94 bits per heavy atom. The number of ether oxygens (including phenoxy) is 2. The highest BCUT2D eigenvalue weighted by Crippen LogP contribution is 2.29. The largest absolute Gasteiger partial charge is 0.494 e. The molecule has 48 heavy (non-hydrogen) atoms. The molecule has 5 rings (SSSR count). The maximum Gasteiger partial charge on any atom is 0.406 e. The Kier molecular flexibility index (Phi) is 10.7. The van der Waals surface area contributed by atoms with E-state index in [1.54, 1.807) is 0 Å². The fourth-order valence-electron chi connectivity index (χ4n) is 6.23. The van der Waals surface area contributed by atoms with E-state index in [1.165, 1.54) is 32.4 Å². The summed E-state index contributed by atoms with van der Waals surface area (Å²) in [5.74, 6) is 3.94. The van der Waals surface area contributed by atoms with Gasteiger partial charge in [-0.05, 0) is 37.0 Å². The normalized spacial score (nSPS) is 21.7. The van der Waals surface area contributed by atoms with Crippen molar-refractivity contribution in [2.24, 2.45) is 5.92 Å². The minimum Gasteiger partial charge on any atom is -0.494 e. The van der Waals surface area contributed by atoms with Crippen LogP contribution in [0.4, 0.5) is 27.6 Å². The Bertz CT molecular complexity index is 1720. The van der Waals surface area contributed by atoms with Gasteiger partial charge in [-0.15, -0.1) is 0 Å². The second-order valence-electron chi connectivity index (χ2n) is 11.9. The van der Waals surface area contributed by atoms with E-state index < -0.39 is 36.5 Å². The van der Waals surface area contributed by atoms with Crippen LogP contribution in [-0.2, 0) is 11.3 Å². The van der Waals surface area contributed by atoms with Crippen molar-refractivity contribution < 1.29 is 41.0 Å². The highest BCUT2D eigenvalue weighted by atomic mass is 19.4. The van der Waals surface area contributed by atoms with Crippen molar-refractivity contribution in [1.82, 2.24) is 25.1 Å². The molecular weight excluding hydrogens is 639 g/mol. The number of carbonyl (C=O) groups is 2. The smallest absolute Gasteiger partial charge is 0.406 e. The summed E-state index contributed by atoms with van der Waals surface area (Å²) in [6.07, 6.45) is -3.39. The molecule has 2 aromatic carbocycles. The average molecular weight is 677 g/mol. The highest BCUT2D eigenvalue weighted by molar-refractivity contribution is 6.05. The number of anilines is 1. The number of halogens is 5. The first-order chi connectivity index (χ1) is 22.9. The van der Waals surface area contributed by atoms with Crippen molar-refractivity contribution >= 4 is 28.5 Å². The first-order valence-corrected chi connectivity index (χ1v) is 15.5. The van der Waals surface area contributed by atoms with Gasteiger partial charge in [0.1, 0.15) is 29.8 Å². The molecule has 2 amide bonds. The van der Waals surface area contributed by atoms with Gasteiger partial charge in [0.25, 0.3) is 11.8 Å². The number of benzene rings is 2. The van der Waals surface area contributed by atoms with Crippen LogP contribution in [0, 0.1) is 23.6 Å². The van der Waals surface area contributed by atoms with Crippen LogP contribution in [0.3, 0.4) is 0 Å². The summed E-state index contributed by atoms with van der Waals surface area (Å²) < 4.78 is 80.4. The fraction of sp³-hybridized carbons (Fsp3) is 0.485. The maximum absolute atomic E-state index is 14.5. The molecule has 1 aromatic heterocycles. The summed E-state index contributed by atoms with van der Waals surface area (Å²) in [4.78, 5) is 32.0. The molecule has 3 heterocycles. The van der Waals surface area contributed by atoms with Crippen molar-refractivity contribution in [3.8, 4) is 17.6 Å². The number of nitrogens with zero attached hydrogens (tertiary/aromatic N) is 3. The molecule has 4 atom stereocenters. The molecule has 2 aliphatic rings. The van der Waals surface area contributed by atoms with E-state index in [4.69, 9.17) is 9.47 Å². The Hall–Kier alpha value is -4.42. The molecule has 15 heteroatoms. The minimum absolute atomic E-state index is 0.0144. The quantitative estimate of drug-likeness (QED) is 0.243. The number of piperidine rings is 1. The summed E-state index contributed by atoms with van der Waals surface area (Å²) in [5.41, 5.74) is 0.623. The molecule has 0 bridgehead atoms. The third-order valence-electron chi connectivity index (χ3n) is 8.66. The number of nitrogens with one attached hydrogen (secondary N) is 3. The molecular formula is C33H37F5N6O4. The first-order valence-electron chi connectivity index (χ1n) is 15.5. The predicted octanol–water partition coefficient (Wildman–Crippen LogP) is 4.14. The van der Waals surface area contributed by atoms with Crippen LogP contribution in [0.2, 0.25) is 0 Å². The monoisotopic (exact) mass is 676 g/mol. The second kappa shape index (κ2) is 14.8. The molecule has 0 unspecified atom stereocenters. The van der Waals surface area contributed by atoms with Crippen LogP contribution in [0.15, 0.2) is 30.6 Å². The lowest BCUT2D eigenvalue weighted by Gasteiger charge is -2.43. The standard InChI is InChI=1S/C33H37F5N6O4/c1-19-15-43(27-7-10-48-16-24(27)35)9-6-25(19)42-32(46)22-11-20(12-28-30(22)41-18-44(28)17-33(36,37)38)5-4-8-40-26-13-21(31(45)39-2)23(34)14-29(26)47-3/h11-14,18-19,24-25,27,40H,6-10,15-17H2,1-3H3,(H,39,45)(H,42,46)/t19-,24-,25-,27+/m0/s1. The number of methoxy groups -OCH3 is 1. The molecule has 2 fully saturated rings. The van der Waals surface area contributed by atoms with Gasteiger partial charge in [-0.3, -0.25) is 14.5 Å². The number of imidazole rings is 1. The summed E-state index contributed by atoms with van der Waals surface area (Å²) in [6.45, 7) is 2.38. The Balaban J connectivity index is 1.36. The van der Waals surface area contributed by atoms with Crippen LogP contribution < -0.4 is 20.7 Å². The summed E-state index contributed by atoms with van der Waals surface area (Å²) in [5, 5.41) is 8.35. The van der Waals surface area contributed by atoms with Crippen molar-refractivity contribution in [1.29, 1.82) is 0 Å². The van der Waals surface area contributed by atoms with E-state index in [0.29, 0.717) is 38.2 Å². The number of aromatic nitrogens is 2. The van der Waals surface area contributed by atoms with Gasteiger partial charge in [-0.25, -0.2) is 13.8 Å². The Morgan fingerprint density at radius 1 is 1.15 bits per heavy atom. The molecule has 258 valence electrons. The topological polar surface area (TPSA) is 110 Å². The second-order valence-corrected chi connectivity index (χ2v) is 11.9. The Morgan fingerprint density at radius 3 is 2.62 bits per heavy atom. The van der Waals surface area contributed by atoms with E-state index in [9.17, 15) is 31.5 Å². The maximum atomic E-state index is 14.5. The van der Waals surface area contributed by atoms with E-state index >= 15 is 0 Å². The van der Waals surface area contributed by atoms with Crippen LogP contribution in [-0.4, -0.2) is 97.7 Å². The van der Waals surface area contributed by atoms with E-state index in [2.05, 4.69) is 37.7 Å². The van der Waals surface area contributed by atoms with Crippen molar-refractivity contribution in [2.45, 2.75) is 50.7 Å². The summed E-state index contributed by atoms with van der Waals surface area (Å²) in [6, 6.07) is 4.78. The first kappa shape index (κ1) is 34.9. The zero-order valence-corrected chi connectivity index (χ0v) is 26.7. The molecule has 2 aliphatic heterocycles. The van der Waals surface area contributed by atoms with Crippen LogP contribution >= 0.6 is 0 Å². The number of rotatable bonds is 8. The molecule has 3 N–H and O–H groups in total. The van der Waals surface area contributed by atoms with Gasteiger partial charge in [-0.1, -0.05) is 18.8 Å².